The number of ether oxygens (including phenoxy) is 2. The maximum Gasteiger partial charge on any atom is 0.338 e. The highest BCUT2D eigenvalue weighted by Gasteiger charge is 2.51. The maximum absolute atomic E-state index is 15.0. The Hall–Kier alpha value is -6.89. The van der Waals surface area contributed by atoms with Crippen LogP contribution in [-0.2, 0) is 14.3 Å². The molecule has 0 aliphatic carbocycles. The van der Waals surface area contributed by atoms with E-state index in [0.29, 0.717) is 34.7 Å². The van der Waals surface area contributed by atoms with Crippen molar-refractivity contribution in [3.63, 3.8) is 0 Å². The van der Waals surface area contributed by atoms with Crippen molar-refractivity contribution >= 4 is 86.7 Å². The molecule has 1 aliphatic rings. The van der Waals surface area contributed by atoms with Crippen molar-refractivity contribution in [2.24, 2.45) is 4.99 Å². The van der Waals surface area contributed by atoms with Crippen LogP contribution in [0.1, 0.15) is 73.4 Å². The van der Waals surface area contributed by atoms with Gasteiger partial charge in [0.25, 0.3) is 11.6 Å². The number of hydrogen-bond donors (Lipinski definition) is 1. The summed E-state index contributed by atoms with van der Waals surface area (Å²) in [6.45, 7) is 35.0. The Labute approximate surface area is 358 Å². The van der Waals surface area contributed by atoms with Crippen LogP contribution < -0.4 is 15.1 Å². The lowest BCUT2D eigenvalue weighted by molar-refractivity contribution is -0.120. The Morgan fingerprint density at radius 2 is 1.32 bits per heavy atom. The van der Waals surface area contributed by atoms with E-state index in [2.05, 4.69) is 42.2 Å². The van der Waals surface area contributed by atoms with Gasteiger partial charge in [0.1, 0.15) is 22.9 Å². The minimum absolute atomic E-state index is 0.00798. The second kappa shape index (κ2) is 20.7. The van der Waals surface area contributed by atoms with Gasteiger partial charge in [0, 0.05) is 25.2 Å². The number of hydrogen-bond acceptors (Lipinski definition) is 9. The zero-order chi connectivity index (χ0) is 44.9. The fraction of sp³-hybridized carbons (Fsp3) is 0.273. The van der Waals surface area contributed by atoms with Gasteiger partial charge in [-0.25, -0.2) is 34.6 Å². The van der Waals surface area contributed by atoms with Crippen LogP contribution in [-0.4, -0.2) is 52.5 Å². The average Bonchev–Trinajstić information content (AvgIpc) is 3.40. The molecule has 1 fully saturated rings. The van der Waals surface area contributed by atoms with Crippen LogP contribution in [0.5, 0.6) is 0 Å². The molecule has 1 aliphatic heterocycles. The number of aliphatic imine (C=N–C) groups is 1. The summed E-state index contributed by atoms with van der Waals surface area (Å²) in [5.74, 6) is -2.33. The highest BCUT2D eigenvalue weighted by molar-refractivity contribution is 7.81. The van der Waals surface area contributed by atoms with Crippen LogP contribution in [0.3, 0.4) is 0 Å². The molecule has 60 heavy (non-hydrogen) atoms. The zero-order valence-corrected chi connectivity index (χ0v) is 35.8. The first kappa shape index (κ1) is 47.5. The smallest absolute Gasteiger partial charge is 0.338 e. The van der Waals surface area contributed by atoms with E-state index in [9.17, 15) is 23.2 Å². The predicted octanol–water partition coefficient (Wildman–Crippen LogP) is 11.1. The molecular weight excluding hydrogens is 809 g/mol. The summed E-state index contributed by atoms with van der Waals surface area (Å²) in [6, 6.07) is 19.2. The minimum atomic E-state index is -1.08. The molecule has 0 aromatic heterocycles. The van der Waals surface area contributed by atoms with E-state index in [1.54, 1.807) is 95.0 Å². The molecule has 0 unspecified atom stereocenters. The minimum Gasteiger partial charge on any atom is -0.462 e. The third kappa shape index (κ3) is 11.0. The number of nitrogens with one attached hydrogen (secondary N) is 1. The van der Waals surface area contributed by atoms with E-state index in [4.69, 9.17) is 41.4 Å². The standard InChI is InChI=1S/C22H20FN3O3S.C13H16N2O2.C9H5FN2S/c1-6-29-19(27)14-7-9-15(10-8-14)26-21(30)25(20(28)22(26,3)4)17-12-11-16(24-5)13(2)18(17)23;1-5-17-12(16)10-6-8-11(9-7-10)15-13(2,3)14-4;1-6-7(11-2)3-4-8(9(6)10)12-5-13/h7-12H,6H2,1-4H3;6-9,15H,5H2,1-3H3;3-4H,1H3. The lowest BCUT2D eigenvalue weighted by Gasteiger charge is -2.29. The van der Waals surface area contributed by atoms with E-state index in [-0.39, 0.29) is 40.3 Å². The number of esters is 2. The van der Waals surface area contributed by atoms with Crippen molar-refractivity contribution in [1.29, 1.82) is 0 Å². The number of nitrogens with zero attached hydrogens (tertiary/aromatic N) is 6. The molecule has 308 valence electrons. The molecule has 12 nitrogen and oxygen atoms in total. The number of carbonyl (C=O) groups is 3. The SMILES string of the molecule is [C-]#[N+]C(C)(C)Nc1ccc(C(=O)OCC)cc1.[C-]#[N+]c1ccc(N2C(=O)C(C)(C)N(c3ccc(C(=O)OCC)cc3)C2=S)c(F)c1C.[C-]#[N+]c1ccc(N=C=S)c(F)c1C. The summed E-state index contributed by atoms with van der Waals surface area (Å²) in [7, 11) is 0. The van der Waals surface area contributed by atoms with Crippen LogP contribution in [0.25, 0.3) is 14.5 Å². The molecule has 1 amide bonds. The fourth-order valence-electron chi connectivity index (χ4n) is 5.56. The molecule has 16 heteroatoms. The second-order valence-electron chi connectivity index (χ2n) is 13.7. The molecule has 1 heterocycles. The van der Waals surface area contributed by atoms with Gasteiger partial charge in [-0.3, -0.25) is 14.5 Å². The number of isothiocyanates is 1. The number of carbonyl (C=O) groups excluding carboxylic acids is 3. The van der Waals surface area contributed by atoms with E-state index < -0.39 is 34.7 Å². The molecule has 4 aromatic carbocycles. The van der Waals surface area contributed by atoms with Crippen molar-refractivity contribution in [3.05, 3.63) is 141 Å². The average molecular weight is 850 g/mol. The van der Waals surface area contributed by atoms with Crippen LogP contribution in [0.15, 0.2) is 77.8 Å². The van der Waals surface area contributed by atoms with Crippen molar-refractivity contribution in [1.82, 2.24) is 0 Å². The number of thiocarbonyl (C=S) groups is 2. The third-order valence-corrected chi connectivity index (χ3v) is 9.21. The van der Waals surface area contributed by atoms with Gasteiger partial charge in [0.05, 0.1) is 48.3 Å². The molecule has 5 rings (SSSR count). The number of anilines is 3. The van der Waals surface area contributed by atoms with Crippen molar-refractivity contribution in [2.75, 3.05) is 28.3 Å². The molecule has 0 atom stereocenters. The monoisotopic (exact) mass is 849 g/mol. The quantitative estimate of drug-likeness (QED) is 0.0761. The molecule has 0 radical (unpaired) electrons. The largest absolute Gasteiger partial charge is 0.462 e. The lowest BCUT2D eigenvalue weighted by Crippen LogP contribution is -2.44. The molecule has 1 saturated heterocycles. The van der Waals surface area contributed by atoms with E-state index in [0.717, 1.165) is 10.6 Å². The van der Waals surface area contributed by atoms with Crippen molar-refractivity contribution in [3.8, 4) is 0 Å². The van der Waals surface area contributed by atoms with E-state index in [1.165, 1.54) is 38.1 Å². The molecule has 4 aromatic rings. The third-order valence-electron chi connectivity index (χ3n) is 8.75. The van der Waals surface area contributed by atoms with Gasteiger partial charge in [-0.15, -0.1) is 0 Å². The zero-order valence-electron chi connectivity index (χ0n) is 34.1. The number of rotatable bonds is 9. The van der Waals surface area contributed by atoms with Gasteiger partial charge in [-0.1, -0.05) is 12.1 Å². The first-order valence-corrected chi connectivity index (χ1v) is 19.0. The van der Waals surface area contributed by atoms with Crippen molar-refractivity contribution in [2.45, 2.75) is 66.6 Å². The first-order chi connectivity index (χ1) is 28.3. The van der Waals surface area contributed by atoms with Gasteiger partial charge in [-0.2, -0.15) is 4.99 Å². The Morgan fingerprint density at radius 1 is 0.833 bits per heavy atom. The predicted molar refractivity (Wildman–Crippen MR) is 235 cm³/mol. The van der Waals surface area contributed by atoms with Gasteiger partial charge >= 0.3 is 11.9 Å². The Kier molecular flexibility index (Phi) is 16.4. The molecule has 0 saturated carbocycles. The topological polar surface area (TPSA) is 114 Å². The molecule has 0 spiro atoms. The second-order valence-corrected chi connectivity index (χ2v) is 14.2. The summed E-state index contributed by atoms with van der Waals surface area (Å²) in [5, 5.41) is 5.25. The van der Waals surface area contributed by atoms with Crippen LogP contribution in [0.4, 0.5) is 42.9 Å². The lowest BCUT2D eigenvalue weighted by atomic mass is 10.0. The van der Waals surface area contributed by atoms with E-state index in [1.807, 2.05) is 0 Å². The fourth-order valence-corrected chi connectivity index (χ4v) is 6.17. The number of amides is 1. The summed E-state index contributed by atoms with van der Waals surface area (Å²) in [6.07, 6.45) is 0. The molecule has 1 N–H and O–H groups in total. The Morgan fingerprint density at radius 3 is 1.78 bits per heavy atom. The normalized spacial score (nSPS) is 12.5. The summed E-state index contributed by atoms with van der Waals surface area (Å²) < 4.78 is 38.2. The van der Waals surface area contributed by atoms with Gasteiger partial charge in [0.2, 0.25) is 0 Å². The first-order valence-electron chi connectivity index (χ1n) is 18.1. The Balaban J connectivity index is 0.000000269. The van der Waals surface area contributed by atoms with Crippen molar-refractivity contribution < 1.29 is 32.6 Å². The summed E-state index contributed by atoms with van der Waals surface area (Å²) in [5.41, 5.74) is 1.61. The van der Waals surface area contributed by atoms with Crippen LogP contribution in [0.2, 0.25) is 0 Å². The summed E-state index contributed by atoms with van der Waals surface area (Å²) in [4.78, 5) is 52.7. The maximum atomic E-state index is 15.0. The van der Waals surface area contributed by atoms with E-state index >= 15 is 0 Å². The Bertz CT molecular complexity index is 2470. The highest BCUT2D eigenvalue weighted by atomic mass is 32.1. The van der Waals surface area contributed by atoms with Crippen LogP contribution >= 0.6 is 24.4 Å². The van der Waals surface area contributed by atoms with Gasteiger partial charge < -0.3 is 19.7 Å². The van der Waals surface area contributed by atoms with Gasteiger partial charge in [0.15, 0.2) is 16.5 Å². The van der Waals surface area contributed by atoms with Gasteiger partial charge in [-0.05, 0) is 138 Å². The van der Waals surface area contributed by atoms with Crippen LogP contribution in [0, 0.1) is 45.2 Å². The number of benzene rings is 4. The number of halogens is 2. The molecule has 0 bridgehead atoms. The highest BCUT2D eigenvalue weighted by Crippen LogP contribution is 2.39. The molecular formula is C44H41F2N7O5S2. The summed E-state index contributed by atoms with van der Waals surface area (Å²) >= 11 is 9.91.